The Morgan fingerprint density at radius 2 is 1.96 bits per heavy atom. The van der Waals surface area contributed by atoms with Crippen molar-refractivity contribution in [1.82, 2.24) is 15.5 Å². The number of rotatable bonds is 5. The second kappa shape index (κ2) is 7.07. The lowest BCUT2D eigenvalue weighted by atomic mass is 10.1. The maximum atomic E-state index is 12.4. The van der Waals surface area contributed by atoms with Gasteiger partial charge in [-0.05, 0) is 5.56 Å². The number of halogens is 4. The second-order valence-corrected chi connectivity index (χ2v) is 4.30. The highest BCUT2D eigenvalue weighted by Gasteiger charge is 2.38. The molecule has 6 nitrogen and oxygen atoms in total. The molecule has 0 bridgehead atoms. The monoisotopic (exact) mass is 333 g/mol. The number of nitrogens with zero attached hydrogens (tertiary/aromatic N) is 2. The molecule has 0 atom stereocenters. The molecular formula is C13H11F4N3O3. The van der Waals surface area contributed by atoms with Gasteiger partial charge in [0.15, 0.2) is 0 Å². The van der Waals surface area contributed by atoms with Crippen LogP contribution in [0.4, 0.5) is 22.4 Å². The highest BCUT2D eigenvalue weighted by molar-refractivity contribution is 5.67. The number of nitrogens with one attached hydrogen (secondary N) is 1. The molecule has 0 saturated heterocycles. The zero-order valence-electron chi connectivity index (χ0n) is 11.6. The van der Waals surface area contributed by atoms with Crippen LogP contribution in [0.3, 0.4) is 0 Å². The summed E-state index contributed by atoms with van der Waals surface area (Å²) in [7, 11) is 0. The molecule has 0 unspecified atom stereocenters. The van der Waals surface area contributed by atoms with Gasteiger partial charge in [0.2, 0.25) is 5.82 Å². The molecular weight excluding hydrogens is 322 g/mol. The van der Waals surface area contributed by atoms with Gasteiger partial charge >= 0.3 is 18.2 Å². The zero-order valence-corrected chi connectivity index (χ0v) is 11.6. The number of alkyl halides is 4. The predicted molar refractivity (Wildman–Crippen MR) is 68.9 cm³/mol. The maximum absolute atomic E-state index is 12.4. The third kappa shape index (κ3) is 4.66. The van der Waals surface area contributed by atoms with E-state index in [2.05, 4.69) is 24.7 Å². The van der Waals surface area contributed by atoms with Crippen LogP contribution in [-0.2, 0) is 17.5 Å². The second-order valence-electron chi connectivity index (χ2n) is 4.30. The lowest BCUT2D eigenvalue weighted by Crippen LogP contribution is -2.24. The van der Waals surface area contributed by atoms with E-state index in [0.29, 0.717) is 11.1 Å². The predicted octanol–water partition coefficient (Wildman–Crippen LogP) is 2.95. The lowest BCUT2D eigenvalue weighted by Gasteiger charge is -2.05. The lowest BCUT2D eigenvalue weighted by molar-refractivity contribution is -0.159. The Kier molecular flexibility index (Phi) is 5.14. The van der Waals surface area contributed by atoms with Crippen molar-refractivity contribution in [2.75, 3.05) is 13.3 Å². The summed E-state index contributed by atoms with van der Waals surface area (Å²) >= 11 is 0. The highest BCUT2D eigenvalue weighted by atomic mass is 19.4. The number of hydrogen-bond acceptors (Lipinski definition) is 5. The van der Waals surface area contributed by atoms with Crippen molar-refractivity contribution in [3.63, 3.8) is 0 Å². The van der Waals surface area contributed by atoms with E-state index >= 15 is 0 Å². The Balaban J connectivity index is 1.97. The molecule has 0 aliphatic carbocycles. The van der Waals surface area contributed by atoms with Gasteiger partial charge in [0.25, 0.3) is 0 Å². The van der Waals surface area contributed by atoms with E-state index in [0.717, 1.165) is 0 Å². The first-order valence-electron chi connectivity index (χ1n) is 6.37. The van der Waals surface area contributed by atoms with Gasteiger partial charge in [-0.15, -0.1) is 0 Å². The van der Waals surface area contributed by atoms with Gasteiger partial charge < -0.3 is 14.6 Å². The molecule has 1 aromatic carbocycles. The number of benzene rings is 1. The van der Waals surface area contributed by atoms with Crippen molar-refractivity contribution in [2.45, 2.75) is 12.7 Å². The standard InChI is InChI=1S/C13H11F4N3O3/c14-5-6-22-12(21)18-7-8-1-3-9(4-2-8)10-19-11(23-20-10)13(15,16)17/h1-4H,5-7H2,(H,18,21). The number of aromatic nitrogens is 2. The van der Waals surface area contributed by atoms with E-state index in [1.165, 1.54) is 12.1 Å². The molecule has 10 heteroatoms. The first-order chi connectivity index (χ1) is 10.9. The molecule has 0 radical (unpaired) electrons. The Labute approximate surface area is 127 Å². The largest absolute Gasteiger partial charge is 0.471 e. The molecule has 0 aliphatic rings. The van der Waals surface area contributed by atoms with Crippen LogP contribution in [0.5, 0.6) is 0 Å². The zero-order chi connectivity index (χ0) is 16.9. The van der Waals surface area contributed by atoms with Gasteiger partial charge in [0.05, 0.1) is 0 Å². The van der Waals surface area contributed by atoms with Gasteiger partial charge in [-0.25, -0.2) is 9.18 Å². The topological polar surface area (TPSA) is 77.3 Å². The van der Waals surface area contributed by atoms with Crippen molar-refractivity contribution >= 4 is 6.09 Å². The number of alkyl carbamates (subject to hydrolysis) is 1. The van der Waals surface area contributed by atoms with Crippen LogP contribution in [0, 0.1) is 0 Å². The first-order valence-corrected chi connectivity index (χ1v) is 6.37. The van der Waals surface area contributed by atoms with E-state index in [9.17, 15) is 22.4 Å². The fourth-order valence-electron chi connectivity index (χ4n) is 1.58. The molecule has 2 aromatic rings. The molecule has 1 amide bonds. The number of hydrogen-bond donors (Lipinski definition) is 1. The van der Waals surface area contributed by atoms with Crippen molar-refractivity contribution in [2.24, 2.45) is 0 Å². The van der Waals surface area contributed by atoms with Crippen molar-refractivity contribution < 1.29 is 31.6 Å². The van der Waals surface area contributed by atoms with E-state index < -0.39 is 24.8 Å². The summed E-state index contributed by atoms with van der Waals surface area (Å²) in [6.07, 6.45) is -5.46. The maximum Gasteiger partial charge on any atom is 0.471 e. The third-order valence-electron chi connectivity index (χ3n) is 2.63. The molecule has 1 N–H and O–H groups in total. The van der Waals surface area contributed by atoms with Gasteiger partial charge in [0.1, 0.15) is 13.3 Å². The van der Waals surface area contributed by atoms with E-state index in [1.54, 1.807) is 12.1 Å². The summed E-state index contributed by atoms with van der Waals surface area (Å²) in [6, 6.07) is 6.09. The smallest absolute Gasteiger partial charge is 0.447 e. The molecule has 0 spiro atoms. The Bertz CT molecular complexity index is 655. The van der Waals surface area contributed by atoms with Gasteiger partial charge in [-0.2, -0.15) is 18.2 Å². The fourth-order valence-corrected chi connectivity index (χ4v) is 1.58. The average molecular weight is 333 g/mol. The van der Waals surface area contributed by atoms with Crippen LogP contribution in [0.25, 0.3) is 11.4 Å². The fraction of sp³-hybridized carbons (Fsp3) is 0.308. The number of amides is 1. The van der Waals surface area contributed by atoms with Crippen LogP contribution in [0.2, 0.25) is 0 Å². The van der Waals surface area contributed by atoms with Gasteiger partial charge in [-0.1, -0.05) is 29.4 Å². The first kappa shape index (κ1) is 16.7. The molecule has 1 heterocycles. The van der Waals surface area contributed by atoms with Crippen LogP contribution < -0.4 is 5.32 Å². The molecule has 1 aromatic heterocycles. The van der Waals surface area contributed by atoms with Crippen molar-refractivity contribution in [1.29, 1.82) is 0 Å². The summed E-state index contributed by atoms with van der Waals surface area (Å²) in [5.41, 5.74) is 0.985. The summed E-state index contributed by atoms with van der Waals surface area (Å²) in [4.78, 5) is 14.4. The van der Waals surface area contributed by atoms with Crippen LogP contribution in [0.1, 0.15) is 11.5 Å². The highest BCUT2D eigenvalue weighted by Crippen LogP contribution is 2.29. The summed E-state index contributed by atoms with van der Waals surface area (Å²) in [6.45, 7) is -0.984. The molecule has 0 fully saturated rings. The third-order valence-corrected chi connectivity index (χ3v) is 2.63. The number of carbonyl (C=O) groups excluding carboxylic acids is 1. The minimum Gasteiger partial charge on any atom is -0.447 e. The van der Waals surface area contributed by atoms with E-state index in [4.69, 9.17) is 0 Å². The minimum absolute atomic E-state index is 0.117. The van der Waals surface area contributed by atoms with Crippen molar-refractivity contribution in [3.05, 3.63) is 35.7 Å². The molecule has 2 rings (SSSR count). The molecule has 0 aliphatic heterocycles. The molecule has 0 saturated carbocycles. The summed E-state index contributed by atoms with van der Waals surface area (Å²) in [5.74, 6) is -1.62. The number of ether oxygens (including phenoxy) is 1. The quantitative estimate of drug-likeness (QED) is 0.851. The summed E-state index contributed by atoms with van der Waals surface area (Å²) in [5, 5.41) is 5.65. The SMILES string of the molecule is O=C(NCc1ccc(-c2noc(C(F)(F)F)n2)cc1)OCCF. The Hall–Kier alpha value is -2.65. The average Bonchev–Trinajstić information content (AvgIpc) is 3.01. The Morgan fingerprint density at radius 1 is 1.26 bits per heavy atom. The molecule has 23 heavy (non-hydrogen) atoms. The normalized spacial score (nSPS) is 11.3. The minimum atomic E-state index is -4.70. The van der Waals surface area contributed by atoms with Crippen LogP contribution in [0.15, 0.2) is 28.8 Å². The summed E-state index contributed by atoms with van der Waals surface area (Å²) < 4.78 is 57.5. The molecule has 124 valence electrons. The van der Waals surface area contributed by atoms with Crippen molar-refractivity contribution in [3.8, 4) is 11.4 Å². The van der Waals surface area contributed by atoms with Gasteiger partial charge in [0, 0.05) is 12.1 Å². The Morgan fingerprint density at radius 3 is 2.52 bits per heavy atom. The van der Waals surface area contributed by atoms with Gasteiger partial charge in [-0.3, -0.25) is 0 Å². The van der Waals surface area contributed by atoms with E-state index in [1.807, 2.05) is 0 Å². The van der Waals surface area contributed by atoms with E-state index in [-0.39, 0.29) is 19.0 Å². The van der Waals surface area contributed by atoms with Crippen LogP contribution >= 0.6 is 0 Å². The number of carbonyl (C=O) groups is 1. The van der Waals surface area contributed by atoms with Crippen LogP contribution in [-0.4, -0.2) is 29.5 Å².